The fraction of sp³-hybridized carbons (Fsp3) is 1.00. The molecule has 1 heterocycles. The second kappa shape index (κ2) is 5.57. The van der Waals surface area contributed by atoms with E-state index >= 15 is 0 Å². The van der Waals surface area contributed by atoms with E-state index in [1.807, 2.05) is 11.8 Å². The first-order chi connectivity index (χ1) is 8.74. The van der Waals surface area contributed by atoms with Gasteiger partial charge in [-0.2, -0.15) is 11.8 Å². The Labute approximate surface area is 121 Å². The van der Waals surface area contributed by atoms with Gasteiger partial charge < -0.3 is 4.74 Å². The Bertz CT molecular complexity index is 408. The topological polar surface area (TPSA) is 43.4 Å². The van der Waals surface area contributed by atoms with E-state index < -0.39 is 14.6 Å². The molecule has 0 amide bonds. The molecule has 0 N–H and O–H groups in total. The lowest BCUT2D eigenvalue weighted by Gasteiger charge is -2.35. The first-order valence-corrected chi connectivity index (χ1v) is 10.1. The van der Waals surface area contributed by atoms with Crippen molar-refractivity contribution in [2.24, 2.45) is 0 Å². The van der Waals surface area contributed by atoms with Gasteiger partial charge in [0, 0.05) is 17.3 Å². The first kappa shape index (κ1) is 15.6. The molecule has 1 saturated heterocycles. The molecule has 19 heavy (non-hydrogen) atoms. The summed E-state index contributed by atoms with van der Waals surface area (Å²) in [6.45, 7) is 4.98. The van der Waals surface area contributed by atoms with Gasteiger partial charge >= 0.3 is 0 Å². The highest BCUT2D eigenvalue weighted by Crippen LogP contribution is 2.41. The average molecular weight is 306 g/mol. The van der Waals surface area contributed by atoms with Crippen LogP contribution in [0, 0.1) is 0 Å². The van der Waals surface area contributed by atoms with Gasteiger partial charge in [0.1, 0.15) is 0 Å². The van der Waals surface area contributed by atoms with E-state index in [0.29, 0.717) is 5.25 Å². The third-order valence-corrected chi connectivity index (χ3v) is 8.31. The monoisotopic (exact) mass is 306 g/mol. The summed E-state index contributed by atoms with van der Waals surface area (Å²) < 4.78 is 29.7. The lowest BCUT2D eigenvalue weighted by Crippen LogP contribution is -2.43. The standard InChI is InChI=1S/C14H26O3S2/c1-13(2)9-12(10-17-13)18-11-14(19(3,15)16)7-5-4-6-8-14/h12H,4-11H2,1-3H3. The molecule has 2 fully saturated rings. The number of thioether (sulfide) groups is 1. The normalized spacial score (nSPS) is 30.4. The third-order valence-electron chi connectivity index (χ3n) is 4.51. The van der Waals surface area contributed by atoms with E-state index in [4.69, 9.17) is 4.74 Å². The minimum Gasteiger partial charge on any atom is -0.374 e. The summed E-state index contributed by atoms with van der Waals surface area (Å²) in [5, 5.41) is 0.454. The van der Waals surface area contributed by atoms with Crippen LogP contribution in [-0.4, -0.2) is 42.6 Å². The van der Waals surface area contributed by atoms with Crippen molar-refractivity contribution in [3.8, 4) is 0 Å². The van der Waals surface area contributed by atoms with Gasteiger partial charge in [-0.3, -0.25) is 0 Å². The van der Waals surface area contributed by atoms with Crippen LogP contribution in [0.25, 0.3) is 0 Å². The smallest absolute Gasteiger partial charge is 0.153 e. The Morgan fingerprint density at radius 1 is 1.21 bits per heavy atom. The zero-order valence-corrected chi connectivity index (χ0v) is 13.9. The third kappa shape index (κ3) is 3.67. The number of hydrogen-bond acceptors (Lipinski definition) is 4. The van der Waals surface area contributed by atoms with Gasteiger partial charge in [0.05, 0.1) is 17.0 Å². The van der Waals surface area contributed by atoms with Crippen molar-refractivity contribution >= 4 is 21.6 Å². The number of rotatable bonds is 4. The summed E-state index contributed by atoms with van der Waals surface area (Å²) >= 11 is 1.81. The van der Waals surface area contributed by atoms with Crippen molar-refractivity contribution < 1.29 is 13.2 Å². The van der Waals surface area contributed by atoms with Crippen molar-refractivity contribution in [2.45, 2.75) is 68.0 Å². The van der Waals surface area contributed by atoms with E-state index in [2.05, 4.69) is 13.8 Å². The van der Waals surface area contributed by atoms with Gasteiger partial charge in [-0.15, -0.1) is 0 Å². The van der Waals surface area contributed by atoms with E-state index in [-0.39, 0.29) is 5.60 Å². The van der Waals surface area contributed by atoms with Crippen LogP contribution in [0.4, 0.5) is 0 Å². The molecule has 1 aliphatic carbocycles. The van der Waals surface area contributed by atoms with E-state index in [1.54, 1.807) is 0 Å². The van der Waals surface area contributed by atoms with Crippen molar-refractivity contribution in [1.82, 2.24) is 0 Å². The van der Waals surface area contributed by atoms with Gasteiger partial charge in [-0.1, -0.05) is 19.3 Å². The Kier molecular flexibility index (Phi) is 4.58. The molecular weight excluding hydrogens is 280 g/mol. The molecule has 1 saturated carbocycles. The molecule has 0 bridgehead atoms. The highest BCUT2D eigenvalue weighted by Gasteiger charge is 2.43. The van der Waals surface area contributed by atoms with Gasteiger partial charge in [-0.25, -0.2) is 8.42 Å². The highest BCUT2D eigenvalue weighted by atomic mass is 32.2. The summed E-state index contributed by atoms with van der Waals surface area (Å²) in [6, 6.07) is 0. The number of sulfone groups is 1. The van der Waals surface area contributed by atoms with Crippen molar-refractivity contribution in [3.63, 3.8) is 0 Å². The maximum absolute atomic E-state index is 12.2. The highest BCUT2D eigenvalue weighted by molar-refractivity contribution is 8.01. The molecule has 0 aromatic heterocycles. The SMILES string of the molecule is CC1(C)CC(SCC2(S(C)(=O)=O)CCCCC2)CO1. The fourth-order valence-electron chi connectivity index (χ4n) is 3.18. The van der Waals surface area contributed by atoms with Gasteiger partial charge in [0.25, 0.3) is 0 Å². The van der Waals surface area contributed by atoms with E-state index in [0.717, 1.165) is 44.5 Å². The zero-order chi connectivity index (χ0) is 14.1. The average Bonchev–Trinajstić information content (AvgIpc) is 2.66. The maximum atomic E-state index is 12.2. The molecule has 1 aliphatic heterocycles. The van der Waals surface area contributed by atoms with E-state index in [1.165, 1.54) is 12.7 Å². The summed E-state index contributed by atoms with van der Waals surface area (Å²) in [6.07, 6.45) is 7.43. The Morgan fingerprint density at radius 2 is 1.84 bits per heavy atom. The summed E-state index contributed by atoms with van der Waals surface area (Å²) in [5.74, 6) is 0.746. The Morgan fingerprint density at radius 3 is 2.32 bits per heavy atom. The molecule has 0 radical (unpaired) electrons. The molecule has 112 valence electrons. The van der Waals surface area contributed by atoms with Crippen LogP contribution in [0.3, 0.4) is 0 Å². The minimum atomic E-state index is -2.97. The van der Waals surface area contributed by atoms with Crippen LogP contribution in [-0.2, 0) is 14.6 Å². The molecule has 0 spiro atoms. The first-order valence-electron chi connectivity index (χ1n) is 7.19. The van der Waals surface area contributed by atoms with Crippen molar-refractivity contribution in [3.05, 3.63) is 0 Å². The minimum absolute atomic E-state index is 0.0392. The summed E-state index contributed by atoms with van der Waals surface area (Å²) in [4.78, 5) is 0. The number of ether oxygens (including phenoxy) is 1. The van der Waals surface area contributed by atoms with Crippen molar-refractivity contribution in [1.29, 1.82) is 0 Å². The molecule has 2 aliphatic rings. The summed E-state index contributed by atoms with van der Waals surface area (Å²) in [7, 11) is -2.97. The van der Waals surface area contributed by atoms with Gasteiger partial charge in [-0.05, 0) is 33.1 Å². The molecule has 0 aromatic rings. The predicted octanol–water partition coefficient (Wildman–Crippen LogP) is 3.03. The second-order valence-corrected chi connectivity index (χ2v) is 10.4. The van der Waals surface area contributed by atoms with Gasteiger partial charge in [0.2, 0.25) is 0 Å². The fourth-order valence-corrected chi connectivity index (χ4v) is 6.78. The molecule has 2 rings (SSSR count). The van der Waals surface area contributed by atoms with Crippen molar-refractivity contribution in [2.75, 3.05) is 18.6 Å². The second-order valence-electron chi connectivity index (χ2n) is 6.72. The molecule has 5 heteroatoms. The predicted molar refractivity (Wildman–Crippen MR) is 81.6 cm³/mol. The zero-order valence-electron chi connectivity index (χ0n) is 12.3. The lowest BCUT2D eigenvalue weighted by atomic mass is 9.90. The van der Waals surface area contributed by atoms with Crippen LogP contribution < -0.4 is 0 Å². The Balaban J connectivity index is 1.98. The molecular formula is C14H26O3S2. The molecule has 3 nitrogen and oxygen atoms in total. The molecule has 1 atom stereocenters. The van der Waals surface area contributed by atoms with E-state index in [9.17, 15) is 8.42 Å². The van der Waals surface area contributed by atoms with Crippen LogP contribution >= 0.6 is 11.8 Å². The largest absolute Gasteiger partial charge is 0.374 e. The maximum Gasteiger partial charge on any atom is 0.153 e. The quantitative estimate of drug-likeness (QED) is 0.801. The van der Waals surface area contributed by atoms with Crippen LogP contribution in [0.2, 0.25) is 0 Å². The summed E-state index contributed by atoms with van der Waals surface area (Å²) in [5.41, 5.74) is -0.0392. The lowest BCUT2D eigenvalue weighted by molar-refractivity contribution is 0.0368. The van der Waals surface area contributed by atoms with Crippen LogP contribution in [0.5, 0.6) is 0 Å². The molecule has 1 unspecified atom stereocenters. The molecule has 0 aromatic carbocycles. The van der Waals surface area contributed by atoms with Crippen LogP contribution in [0.15, 0.2) is 0 Å². The number of hydrogen-bond donors (Lipinski definition) is 0. The van der Waals surface area contributed by atoms with Gasteiger partial charge in [0.15, 0.2) is 9.84 Å². The van der Waals surface area contributed by atoms with Crippen LogP contribution in [0.1, 0.15) is 52.4 Å². The Hall–Kier alpha value is 0.260.